The van der Waals surface area contributed by atoms with E-state index >= 15 is 0 Å². The van der Waals surface area contributed by atoms with Crippen molar-refractivity contribution >= 4 is 5.91 Å². The van der Waals surface area contributed by atoms with Crippen LogP contribution in [0.2, 0.25) is 0 Å². The number of nitrogens with zero attached hydrogens (tertiary/aromatic N) is 3. The third-order valence-electron chi connectivity index (χ3n) is 1.55. The molecule has 0 aliphatic carbocycles. The molecule has 1 heterocycles. The van der Waals surface area contributed by atoms with Gasteiger partial charge in [0.2, 0.25) is 5.91 Å². The van der Waals surface area contributed by atoms with E-state index in [0.29, 0.717) is 5.82 Å². The van der Waals surface area contributed by atoms with Crippen molar-refractivity contribution in [2.45, 2.75) is 19.5 Å². The summed E-state index contributed by atoms with van der Waals surface area (Å²) in [4.78, 5) is 14.6. The lowest BCUT2D eigenvalue weighted by Crippen LogP contribution is -2.24. The van der Waals surface area contributed by atoms with Crippen LogP contribution in [0.4, 0.5) is 0 Å². The number of nitrogens with two attached hydrogens (primary N) is 2. The molecule has 0 bridgehead atoms. The highest BCUT2D eigenvalue weighted by Crippen LogP contribution is 2.01. The first-order valence-electron chi connectivity index (χ1n) is 3.54. The molecule has 6 nitrogen and oxygen atoms in total. The quantitative estimate of drug-likeness (QED) is 0.592. The number of carbonyl (C=O) groups excluding carboxylic acids is 1. The second-order valence-electron chi connectivity index (χ2n) is 2.42. The first-order valence-corrected chi connectivity index (χ1v) is 3.54. The van der Waals surface area contributed by atoms with E-state index < -0.39 is 11.9 Å². The molecule has 1 rings (SSSR count). The summed E-state index contributed by atoms with van der Waals surface area (Å²) in [7, 11) is 0. The molecular weight excluding hydrogens is 158 g/mol. The molecule has 6 heteroatoms. The van der Waals surface area contributed by atoms with Gasteiger partial charge in [0.15, 0.2) is 5.82 Å². The van der Waals surface area contributed by atoms with Crippen molar-refractivity contribution in [2.75, 3.05) is 0 Å². The fraction of sp³-hybridized carbons (Fsp3) is 0.500. The van der Waals surface area contributed by atoms with Gasteiger partial charge in [0.1, 0.15) is 12.4 Å². The van der Waals surface area contributed by atoms with Crippen LogP contribution in [0, 0.1) is 0 Å². The summed E-state index contributed by atoms with van der Waals surface area (Å²) < 4.78 is 1.39. The average molecular weight is 169 g/mol. The lowest BCUT2D eigenvalue weighted by atomic mass is 10.3. The largest absolute Gasteiger partial charge is 0.368 e. The van der Waals surface area contributed by atoms with E-state index in [1.807, 2.05) is 0 Å². The monoisotopic (exact) mass is 169 g/mol. The van der Waals surface area contributed by atoms with Crippen molar-refractivity contribution in [3.63, 3.8) is 0 Å². The third kappa shape index (κ3) is 1.59. The number of hydrogen-bond acceptors (Lipinski definition) is 4. The Morgan fingerprint density at radius 2 is 2.50 bits per heavy atom. The van der Waals surface area contributed by atoms with Gasteiger partial charge in [-0.1, -0.05) is 0 Å². The van der Waals surface area contributed by atoms with Gasteiger partial charge in [-0.05, 0) is 6.92 Å². The van der Waals surface area contributed by atoms with Gasteiger partial charge in [-0.15, -0.1) is 0 Å². The fourth-order valence-electron chi connectivity index (χ4n) is 0.721. The first-order chi connectivity index (χ1) is 5.65. The van der Waals surface area contributed by atoms with E-state index in [4.69, 9.17) is 11.5 Å². The maximum Gasteiger partial charge on any atom is 0.242 e. The normalized spacial score (nSPS) is 12.8. The first kappa shape index (κ1) is 8.66. The Morgan fingerprint density at radius 3 is 2.92 bits per heavy atom. The van der Waals surface area contributed by atoms with Crippen molar-refractivity contribution in [1.82, 2.24) is 14.8 Å². The Hall–Kier alpha value is -1.43. The Balaban J connectivity index is 2.81. The zero-order chi connectivity index (χ0) is 9.14. The molecule has 1 aromatic rings. The highest BCUT2D eigenvalue weighted by atomic mass is 16.1. The van der Waals surface area contributed by atoms with Crippen LogP contribution in [0.5, 0.6) is 0 Å². The molecule has 12 heavy (non-hydrogen) atoms. The molecule has 0 aliphatic heterocycles. The number of hydrogen-bond donors (Lipinski definition) is 2. The standard InChI is InChI=1S/C6H11N5O/c1-4(6(8)12)11-3-9-5(2-7)10-11/h3-4H,2,7H2,1H3,(H2,8,12). The van der Waals surface area contributed by atoms with Crippen LogP contribution < -0.4 is 11.5 Å². The fourth-order valence-corrected chi connectivity index (χ4v) is 0.721. The summed E-state index contributed by atoms with van der Waals surface area (Å²) in [5, 5.41) is 3.93. The molecule has 0 aromatic carbocycles. The van der Waals surface area contributed by atoms with Crippen LogP contribution in [-0.2, 0) is 11.3 Å². The lowest BCUT2D eigenvalue weighted by Gasteiger charge is -2.04. The van der Waals surface area contributed by atoms with E-state index in [1.165, 1.54) is 11.0 Å². The smallest absolute Gasteiger partial charge is 0.242 e. The molecule has 66 valence electrons. The maximum absolute atomic E-state index is 10.7. The van der Waals surface area contributed by atoms with E-state index in [1.54, 1.807) is 6.92 Å². The molecule has 0 aliphatic rings. The van der Waals surface area contributed by atoms with Crippen LogP contribution in [0.25, 0.3) is 0 Å². The number of carbonyl (C=O) groups is 1. The predicted molar refractivity (Wildman–Crippen MR) is 41.8 cm³/mol. The predicted octanol–water partition coefficient (Wildman–Crippen LogP) is -1.22. The summed E-state index contributed by atoms with van der Waals surface area (Å²) in [6.45, 7) is 1.91. The van der Waals surface area contributed by atoms with Crippen molar-refractivity contribution < 1.29 is 4.79 Å². The molecule has 1 amide bonds. The molecule has 0 spiro atoms. The zero-order valence-corrected chi connectivity index (χ0v) is 6.77. The lowest BCUT2D eigenvalue weighted by molar-refractivity contribution is -0.120. The molecule has 1 aromatic heterocycles. The maximum atomic E-state index is 10.7. The van der Waals surface area contributed by atoms with Crippen molar-refractivity contribution in [3.8, 4) is 0 Å². The van der Waals surface area contributed by atoms with E-state index in [-0.39, 0.29) is 6.54 Å². The number of primary amides is 1. The second-order valence-corrected chi connectivity index (χ2v) is 2.42. The summed E-state index contributed by atoms with van der Waals surface area (Å²) in [5.74, 6) is 0.0616. The Kier molecular flexibility index (Phi) is 2.39. The molecule has 1 unspecified atom stereocenters. The SMILES string of the molecule is CC(C(N)=O)n1cnc(CN)n1. The van der Waals surface area contributed by atoms with E-state index in [2.05, 4.69) is 10.1 Å². The van der Waals surface area contributed by atoms with Gasteiger partial charge in [0.25, 0.3) is 0 Å². The molecule has 0 saturated carbocycles. The van der Waals surface area contributed by atoms with Crippen LogP contribution in [-0.4, -0.2) is 20.7 Å². The van der Waals surface area contributed by atoms with Crippen molar-refractivity contribution in [3.05, 3.63) is 12.2 Å². The number of aromatic nitrogens is 3. The molecule has 1 atom stereocenters. The van der Waals surface area contributed by atoms with Gasteiger partial charge in [0.05, 0.1) is 6.54 Å². The van der Waals surface area contributed by atoms with Crippen LogP contribution in [0.3, 0.4) is 0 Å². The zero-order valence-electron chi connectivity index (χ0n) is 6.77. The van der Waals surface area contributed by atoms with E-state index in [0.717, 1.165) is 0 Å². The summed E-state index contributed by atoms with van der Waals surface area (Å²) in [6, 6.07) is -0.474. The Labute approximate surface area is 69.6 Å². The second kappa shape index (κ2) is 3.31. The van der Waals surface area contributed by atoms with Gasteiger partial charge in [-0.2, -0.15) is 5.10 Å². The minimum atomic E-state index is -0.474. The van der Waals surface area contributed by atoms with Crippen molar-refractivity contribution in [1.29, 1.82) is 0 Å². The minimum absolute atomic E-state index is 0.262. The highest BCUT2D eigenvalue weighted by Gasteiger charge is 2.11. The Bertz CT molecular complexity index is 281. The van der Waals surface area contributed by atoms with Gasteiger partial charge in [-0.25, -0.2) is 9.67 Å². The average Bonchev–Trinajstić information content (AvgIpc) is 2.50. The van der Waals surface area contributed by atoms with Crippen LogP contribution in [0.15, 0.2) is 6.33 Å². The molecule has 0 fully saturated rings. The topological polar surface area (TPSA) is 99.8 Å². The van der Waals surface area contributed by atoms with E-state index in [9.17, 15) is 4.79 Å². The number of rotatable bonds is 3. The third-order valence-corrected chi connectivity index (χ3v) is 1.55. The summed E-state index contributed by atoms with van der Waals surface area (Å²) >= 11 is 0. The van der Waals surface area contributed by atoms with Crippen molar-refractivity contribution in [2.24, 2.45) is 11.5 Å². The van der Waals surface area contributed by atoms with Crippen LogP contribution >= 0.6 is 0 Å². The van der Waals surface area contributed by atoms with Gasteiger partial charge in [-0.3, -0.25) is 4.79 Å². The summed E-state index contributed by atoms with van der Waals surface area (Å²) in [5.41, 5.74) is 10.3. The minimum Gasteiger partial charge on any atom is -0.368 e. The van der Waals surface area contributed by atoms with Gasteiger partial charge in [0, 0.05) is 0 Å². The highest BCUT2D eigenvalue weighted by molar-refractivity contribution is 5.77. The van der Waals surface area contributed by atoms with Gasteiger partial charge >= 0.3 is 0 Å². The van der Waals surface area contributed by atoms with Crippen LogP contribution in [0.1, 0.15) is 18.8 Å². The molecule has 0 saturated heterocycles. The van der Waals surface area contributed by atoms with Gasteiger partial charge < -0.3 is 11.5 Å². The number of amides is 1. The molecular formula is C6H11N5O. The molecule has 4 N–H and O–H groups in total. The summed E-state index contributed by atoms with van der Waals surface area (Å²) in [6.07, 6.45) is 1.44. The Morgan fingerprint density at radius 1 is 1.83 bits per heavy atom. The molecule has 0 radical (unpaired) electrons.